The van der Waals surface area contributed by atoms with Gasteiger partial charge in [0.25, 0.3) is 5.91 Å². The zero-order chi connectivity index (χ0) is 18.6. The highest BCUT2D eigenvalue weighted by Crippen LogP contribution is 2.26. The molecule has 1 aromatic heterocycles. The molecule has 134 valence electrons. The van der Waals surface area contributed by atoms with Gasteiger partial charge in [-0.25, -0.2) is 9.78 Å². The third-order valence-electron chi connectivity index (χ3n) is 3.43. The first kappa shape index (κ1) is 18.4. The number of carbonyl (C=O) groups is 2. The van der Waals surface area contributed by atoms with Crippen molar-refractivity contribution in [1.29, 1.82) is 0 Å². The predicted molar refractivity (Wildman–Crippen MR) is 91.9 cm³/mol. The zero-order valence-corrected chi connectivity index (χ0v) is 14.5. The Bertz CT molecular complexity index is 736. The molecule has 0 saturated heterocycles. The summed E-state index contributed by atoms with van der Waals surface area (Å²) in [6.07, 6.45) is 2.07. The van der Waals surface area contributed by atoms with E-state index in [1.165, 1.54) is 6.07 Å². The average Bonchev–Trinajstić information content (AvgIpc) is 2.53. The van der Waals surface area contributed by atoms with Crippen molar-refractivity contribution in [2.75, 3.05) is 13.1 Å². The van der Waals surface area contributed by atoms with Gasteiger partial charge in [0, 0.05) is 13.1 Å². The quantitative estimate of drug-likeness (QED) is 0.491. The Labute approximate surface area is 145 Å². The molecule has 1 aliphatic rings. The molecule has 0 bridgehead atoms. The van der Waals surface area contributed by atoms with Gasteiger partial charge in [-0.05, 0) is 44.9 Å². The van der Waals surface area contributed by atoms with Crippen molar-refractivity contribution in [3.63, 3.8) is 0 Å². The maximum Gasteiger partial charge on any atom is 0.410 e. The lowest BCUT2D eigenvalue weighted by Crippen LogP contribution is -2.39. The van der Waals surface area contributed by atoms with Crippen LogP contribution in [0.4, 0.5) is 10.5 Å². The van der Waals surface area contributed by atoms with Crippen LogP contribution in [0.25, 0.3) is 5.57 Å². The fraction of sp³-hybridized carbons (Fsp3) is 0.438. The molecule has 9 heteroatoms. The summed E-state index contributed by atoms with van der Waals surface area (Å²) in [5, 5.41) is 6.95. The van der Waals surface area contributed by atoms with Gasteiger partial charge in [0.2, 0.25) is 0 Å². The zero-order valence-electron chi connectivity index (χ0n) is 14.5. The molecule has 0 atom stereocenters. The Kier molecular flexibility index (Phi) is 5.35. The Morgan fingerprint density at radius 2 is 2.04 bits per heavy atom. The van der Waals surface area contributed by atoms with Gasteiger partial charge in [-0.15, -0.1) is 5.11 Å². The number of ether oxygens (including phenoxy) is 1. The average molecular weight is 346 g/mol. The number of rotatable bonds is 3. The number of aromatic nitrogens is 1. The van der Waals surface area contributed by atoms with Crippen LogP contribution < -0.4 is 11.6 Å². The standard InChI is InChI=1S/C16H22N6O3/c1-16(2,3)25-15(24)22-6-4-10(5-7-22)12-8-11(20-21-18)9-13(19-12)14(17)23/h4,8-9H,5-7H2,1-3H3,(H2,17,23)(H2,18,19,20). The molecule has 2 amide bonds. The number of nitrogens with two attached hydrogens (primary N) is 2. The van der Waals surface area contributed by atoms with Crippen LogP contribution in [-0.4, -0.2) is 40.6 Å². The second kappa shape index (κ2) is 7.29. The molecule has 9 nitrogen and oxygen atoms in total. The van der Waals surface area contributed by atoms with Crippen molar-refractivity contribution in [2.24, 2.45) is 21.9 Å². The molecular formula is C16H22N6O3. The molecule has 4 N–H and O–H groups in total. The molecule has 2 heterocycles. The van der Waals surface area contributed by atoms with E-state index in [9.17, 15) is 9.59 Å². The minimum Gasteiger partial charge on any atom is -0.444 e. The molecule has 0 radical (unpaired) electrons. The Balaban J connectivity index is 2.20. The van der Waals surface area contributed by atoms with Crippen LogP contribution in [0.1, 0.15) is 43.4 Å². The Morgan fingerprint density at radius 1 is 1.32 bits per heavy atom. The first-order valence-electron chi connectivity index (χ1n) is 7.80. The molecular weight excluding hydrogens is 324 g/mol. The molecule has 0 aromatic carbocycles. The molecule has 0 unspecified atom stereocenters. The van der Waals surface area contributed by atoms with E-state index in [2.05, 4.69) is 15.3 Å². The Morgan fingerprint density at radius 3 is 2.56 bits per heavy atom. The van der Waals surface area contributed by atoms with Crippen molar-refractivity contribution in [1.82, 2.24) is 9.88 Å². The van der Waals surface area contributed by atoms with Gasteiger partial charge >= 0.3 is 6.09 Å². The summed E-state index contributed by atoms with van der Waals surface area (Å²) in [6, 6.07) is 3.08. The molecule has 1 aromatic rings. The fourth-order valence-electron chi connectivity index (χ4n) is 2.33. The van der Waals surface area contributed by atoms with Gasteiger partial charge in [-0.1, -0.05) is 11.3 Å². The van der Waals surface area contributed by atoms with Crippen molar-refractivity contribution in [2.45, 2.75) is 32.8 Å². The summed E-state index contributed by atoms with van der Waals surface area (Å²) in [5.41, 5.74) is 6.67. The van der Waals surface area contributed by atoms with E-state index in [4.69, 9.17) is 16.3 Å². The minimum atomic E-state index is -0.665. The van der Waals surface area contributed by atoms with Gasteiger partial charge in [0.05, 0.1) is 11.4 Å². The van der Waals surface area contributed by atoms with Gasteiger partial charge < -0.3 is 21.2 Å². The van der Waals surface area contributed by atoms with Crippen LogP contribution in [0.5, 0.6) is 0 Å². The van der Waals surface area contributed by atoms with Gasteiger partial charge in [0.1, 0.15) is 11.3 Å². The highest BCUT2D eigenvalue weighted by Gasteiger charge is 2.24. The molecule has 0 saturated carbocycles. The van der Waals surface area contributed by atoms with E-state index in [0.717, 1.165) is 5.57 Å². The topological polar surface area (TPSA) is 136 Å². The summed E-state index contributed by atoms with van der Waals surface area (Å²) in [5.74, 6) is 4.40. The molecule has 1 aliphatic heterocycles. The van der Waals surface area contributed by atoms with E-state index in [1.54, 1.807) is 11.0 Å². The minimum absolute atomic E-state index is 0.0790. The highest BCUT2D eigenvalue weighted by molar-refractivity contribution is 5.92. The second-order valence-electron chi connectivity index (χ2n) is 6.58. The number of carbonyl (C=O) groups excluding carboxylic acids is 2. The van der Waals surface area contributed by atoms with Crippen molar-refractivity contribution in [3.8, 4) is 0 Å². The van der Waals surface area contributed by atoms with E-state index < -0.39 is 11.5 Å². The van der Waals surface area contributed by atoms with Crippen LogP contribution in [0.15, 0.2) is 28.5 Å². The maximum atomic E-state index is 12.1. The van der Waals surface area contributed by atoms with Crippen LogP contribution >= 0.6 is 0 Å². The lowest BCUT2D eigenvalue weighted by molar-refractivity contribution is 0.0270. The predicted octanol–water partition coefficient (Wildman–Crippen LogP) is 2.16. The summed E-state index contributed by atoms with van der Waals surface area (Å²) in [7, 11) is 0. The number of hydrogen-bond donors (Lipinski definition) is 2. The Hall–Kier alpha value is -2.97. The number of pyridine rings is 1. The number of primary amides is 1. The molecule has 0 fully saturated rings. The first-order chi connectivity index (χ1) is 11.7. The summed E-state index contributed by atoms with van der Waals surface area (Å²) in [6.45, 7) is 6.34. The monoisotopic (exact) mass is 346 g/mol. The molecule has 0 spiro atoms. The fourth-order valence-corrected chi connectivity index (χ4v) is 2.33. The molecule has 2 rings (SSSR count). The van der Waals surface area contributed by atoms with Gasteiger partial charge in [-0.3, -0.25) is 4.79 Å². The molecule has 25 heavy (non-hydrogen) atoms. The summed E-state index contributed by atoms with van der Waals surface area (Å²) in [4.78, 5) is 29.4. The van der Waals surface area contributed by atoms with Crippen molar-refractivity contribution < 1.29 is 14.3 Å². The summed E-state index contributed by atoms with van der Waals surface area (Å²) < 4.78 is 5.36. The van der Waals surface area contributed by atoms with E-state index in [1.807, 2.05) is 26.8 Å². The second-order valence-corrected chi connectivity index (χ2v) is 6.58. The van der Waals surface area contributed by atoms with Crippen LogP contribution in [0, 0.1) is 0 Å². The van der Waals surface area contributed by atoms with E-state index >= 15 is 0 Å². The van der Waals surface area contributed by atoms with Crippen LogP contribution in [-0.2, 0) is 4.74 Å². The van der Waals surface area contributed by atoms with E-state index in [0.29, 0.717) is 30.9 Å². The third-order valence-corrected chi connectivity index (χ3v) is 3.43. The van der Waals surface area contributed by atoms with Crippen LogP contribution in [0.2, 0.25) is 0 Å². The van der Waals surface area contributed by atoms with Crippen molar-refractivity contribution in [3.05, 3.63) is 29.6 Å². The SMILES string of the molecule is CC(C)(C)OC(=O)N1CC=C(c2cc(N=NN)cc(C(N)=O)n2)CC1. The first-order valence-corrected chi connectivity index (χ1v) is 7.80. The number of nitrogens with zero attached hydrogens (tertiary/aromatic N) is 4. The normalized spacial score (nSPS) is 15.2. The van der Waals surface area contributed by atoms with Crippen molar-refractivity contribution >= 4 is 23.3 Å². The largest absolute Gasteiger partial charge is 0.444 e. The number of hydrogen-bond acceptors (Lipinski definition) is 6. The molecule has 0 aliphatic carbocycles. The van der Waals surface area contributed by atoms with E-state index in [-0.39, 0.29) is 11.8 Å². The maximum absolute atomic E-state index is 12.1. The van der Waals surface area contributed by atoms with Gasteiger partial charge in [0.15, 0.2) is 0 Å². The highest BCUT2D eigenvalue weighted by atomic mass is 16.6. The lowest BCUT2D eigenvalue weighted by Gasteiger charge is -2.29. The third kappa shape index (κ3) is 5.00. The van der Waals surface area contributed by atoms with Gasteiger partial charge in [-0.2, -0.15) is 0 Å². The van der Waals surface area contributed by atoms with Crippen LogP contribution in [0.3, 0.4) is 0 Å². The lowest BCUT2D eigenvalue weighted by atomic mass is 10.0. The summed E-state index contributed by atoms with van der Waals surface area (Å²) >= 11 is 0. The smallest absolute Gasteiger partial charge is 0.410 e. The number of amides is 2.